The number of hydrogen-bond donors (Lipinski definition) is 4. The molecule has 186 valence electrons. The Balaban J connectivity index is 0.000000509. The van der Waals surface area contributed by atoms with Gasteiger partial charge in [-0.05, 0) is 31.2 Å². The maximum Gasteiger partial charge on any atom is 0.490 e. The quantitative estimate of drug-likeness (QED) is 0.469. The molecule has 2 amide bonds. The van der Waals surface area contributed by atoms with Gasteiger partial charge in [0.25, 0.3) is 11.8 Å². The fourth-order valence-corrected chi connectivity index (χ4v) is 3.02. The van der Waals surface area contributed by atoms with Crippen LogP contribution in [0.1, 0.15) is 26.5 Å². The Hall–Kier alpha value is -3.65. The number of rotatable bonds is 6. The van der Waals surface area contributed by atoms with Gasteiger partial charge < -0.3 is 31.5 Å². The number of carboxylic acids is 1. The number of hydrogen-bond acceptors (Lipinski definition) is 7. The Kier molecular flexibility index (Phi) is 8.97. The molecule has 0 bridgehead atoms. The first-order chi connectivity index (χ1) is 15.9. The molecule has 1 aromatic carbocycles. The van der Waals surface area contributed by atoms with Crippen molar-refractivity contribution in [3.8, 4) is 0 Å². The van der Waals surface area contributed by atoms with E-state index in [-0.39, 0.29) is 11.3 Å². The molecule has 11 nitrogen and oxygen atoms in total. The van der Waals surface area contributed by atoms with E-state index in [9.17, 15) is 22.8 Å². The number of aromatic nitrogens is 2. The number of carboxylic acid groups (broad SMARTS) is 1. The molecule has 1 aliphatic rings. The second kappa shape index (κ2) is 11.5. The molecule has 6 N–H and O–H groups in total. The summed E-state index contributed by atoms with van der Waals surface area (Å²) >= 11 is 0. The van der Waals surface area contributed by atoms with E-state index in [2.05, 4.69) is 15.3 Å². The van der Waals surface area contributed by atoms with Gasteiger partial charge in [-0.15, -0.1) is 0 Å². The van der Waals surface area contributed by atoms with Crippen molar-refractivity contribution in [2.24, 2.45) is 11.5 Å². The van der Waals surface area contributed by atoms with Gasteiger partial charge in [-0.3, -0.25) is 14.3 Å². The summed E-state index contributed by atoms with van der Waals surface area (Å²) in [6.07, 6.45) is -5.08. The maximum atomic E-state index is 12.5. The zero-order valence-corrected chi connectivity index (χ0v) is 18.3. The second-order valence-electron chi connectivity index (χ2n) is 7.13. The van der Waals surface area contributed by atoms with Gasteiger partial charge in [0.15, 0.2) is 5.69 Å². The van der Waals surface area contributed by atoms with Crippen LogP contribution >= 0.6 is 0 Å². The molecule has 1 aromatic heterocycles. The van der Waals surface area contributed by atoms with E-state index in [1.807, 2.05) is 13.0 Å². The minimum Gasteiger partial charge on any atom is -0.475 e. The minimum atomic E-state index is -5.08. The third kappa shape index (κ3) is 7.18. The molecule has 34 heavy (non-hydrogen) atoms. The molecule has 2 heterocycles. The van der Waals surface area contributed by atoms with Gasteiger partial charge in [0, 0.05) is 31.0 Å². The van der Waals surface area contributed by atoms with Crippen LogP contribution in [-0.4, -0.2) is 71.7 Å². The van der Waals surface area contributed by atoms with Crippen LogP contribution in [0.4, 0.5) is 24.5 Å². The normalized spacial score (nSPS) is 13.6. The lowest BCUT2D eigenvalue weighted by molar-refractivity contribution is -0.192. The lowest BCUT2D eigenvalue weighted by atomic mass is 10.1. The van der Waals surface area contributed by atoms with Gasteiger partial charge in [-0.25, -0.2) is 4.79 Å². The number of halogens is 3. The van der Waals surface area contributed by atoms with Crippen LogP contribution in [0.25, 0.3) is 0 Å². The molecule has 0 aliphatic carbocycles. The Bertz CT molecular complexity index is 1030. The molecule has 1 aliphatic heterocycles. The molecule has 0 radical (unpaired) electrons. The van der Waals surface area contributed by atoms with Gasteiger partial charge in [0.2, 0.25) is 0 Å². The molecule has 1 saturated heterocycles. The summed E-state index contributed by atoms with van der Waals surface area (Å²) in [5.74, 6) is -3.77. The summed E-state index contributed by atoms with van der Waals surface area (Å²) in [6, 6.07) is 6.91. The molecule has 0 spiro atoms. The minimum absolute atomic E-state index is 0.255. The van der Waals surface area contributed by atoms with E-state index in [0.717, 1.165) is 24.5 Å². The van der Waals surface area contributed by atoms with Crippen LogP contribution in [0.5, 0.6) is 0 Å². The number of carbonyl (C=O) groups is 3. The van der Waals surface area contributed by atoms with Gasteiger partial charge in [-0.1, -0.05) is 0 Å². The van der Waals surface area contributed by atoms with Crippen molar-refractivity contribution in [1.29, 1.82) is 0 Å². The summed E-state index contributed by atoms with van der Waals surface area (Å²) in [7, 11) is 0. The first-order valence-electron chi connectivity index (χ1n) is 10.1. The Morgan fingerprint density at radius 1 is 1.21 bits per heavy atom. The fourth-order valence-electron chi connectivity index (χ4n) is 3.02. The number of amides is 2. The van der Waals surface area contributed by atoms with E-state index >= 15 is 0 Å². The topological polar surface area (TPSA) is 166 Å². The zero-order chi connectivity index (χ0) is 25.5. The highest BCUT2D eigenvalue weighted by Crippen LogP contribution is 2.24. The Labute approximate surface area is 192 Å². The number of aliphatic carboxylic acids is 1. The molecular weight excluding hydrogens is 461 g/mol. The third-order valence-electron chi connectivity index (χ3n) is 4.69. The highest BCUT2D eigenvalue weighted by atomic mass is 19.4. The van der Waals surface area contributed by atoms with Crippen LogP contribution in [0.15, 0.2) is 24.3 Å². The van der Waals surface area contributed by atoms with Gasteiger partial charge >= 0.3 is 12.1 Å². The van der Waals surface area contributed by atoms with E-state index < -0.39 is 24.0 Å². The number of nitrogens with zero attached hydrogens (tertiary/aromatic N) is 3. The maximum absolute atomic E-state index is 12.5. The lowest BCUT2D eigenvalue weighted by Gasteiger charge is -2.29. The number of benzene rings is 1. The number of morpholine rings is 1. The number of aryl methyl sites for hydroxylation is 1. The fraction of sp³-hybridized carbons (Fsp3) is 0.400. The smallest absolute Gasteiger partial charge is 0.475 e. The van der Waals surface area contributed by atoms with E-state index in [1.165, 1.54) is 0 Å². The van der Waals surface area contributed by atoms with Crippen molar-refractivity contribution in [3.63, 3.8) is 0 Å². The number of ether oxygens (including phenoxy) is 1. The van der Waals surface area contributed by atoms with E-state index in [0.29, 0.717) is 32.0 Å². The van der Waals surface area contributed by atoms with Crippen molar-refractivity contribution in [3.05, 3.63) is 41.2 Å². The lowest BCUT2D eigenvalue weighted by Crippen LogP contribution is -2.36. The predicted molar refractivity (Wildman–Crippen MR) is 116 cm³/mol. The van der Waals surface area contributed by atoms with Crippen molar-refractivity contribution in [2.75, 3.05) is 43.1 Å². The second-order valence-corrected chi connectivity index (χ2v) is 7.13. The van der Waals surface area contributed by atoms with Crippen molar-refractivity contribution in [2.45, 2.75) is 19.6 Å². The molecule has 3 rings (SSSR count). The molecule has 0 saturated carbocycles. The van der Waals surface area contributed by atoms with Crippen molar-refractivity contribution >= 4 is 29.2 Å². The number of alkyl halides is 3. The molecule has 2 aromatic rings. The first-order valence-corrected chi connectivity index (χ1v) is 10.1. The summed E-state index contributed by atoms with van der Waals surface area (Å²) in [5.41, 5.74) is 13.6. The van der Waals surface area contributed by atoms with Gasteiger partial charge in [0.1, 0.15) is 0 Å². The first kappa shape index (κ1) is 26.6. The Morgan fingerprint density at radius 2 is 1.82 bits per heavy atom. The molecule has 14 heteroatoms. The number of nitrogens with one attached hydrogen (secondary N) is 1. The monoisotopic (exact) mass is 486 g/mol. The van der Waals surface area contributed by atoms with Crippen LogP contribution in [-0.2, 0) is 16.1 Å². The SMILES string of the molecule is Cc1cc(C(=O)Nc2ccc(N3CCOCC3)cc2C(N)=O)nn1CCN.O=C(O)C(F)(F)F. The molecule has 1 fully saturated rings. The van der Waals surface area contributed by atoms with E-state index in [4.69, 9.17) is 26.1 Å². The highest BCUT2D eigenvalue weighted by molar-refractivity contribution is 6.08. The van der Waals surface area contributed by atoms with Gasteiger partial charge in [0.05, 0.1) is 31.0 Å². The Morgan fingerprint density at radius 3 is 2.35 bits per heavy atom. The largest absolute Gasteiger partial charge is 0.490 e. The standard InChI is InChI=1S/C18H24N6O3.C2HF3O2/c1-12-10-16(22-24(12)5-4-19)18(26)21-15-3-2-13(11-14(15)17(20)25)23-6-8-27-9-7-23;3-2(4,5)1(6)7/h2-3,10-11H,4-9,19H2,1H3,(H2,20,25)(H,21,26);(H,6,7). The van der Waals surface area contributed by atoms with E-state index in [1.54, 1.807) is 22.9 Å². The average molecular weight is 486 g/mol. The zero-order valence-electron chi connectivity index (χ0n) is 18.3. The van der Waals surface area contributed by atoms with Crippen LogP contribution < -0.4 is 21.7 Å². The average Bonchev–Trinajstić information content (AvgIpc) is 3.15. The molecule has 0 atom stereocenters. The summed E-state index contributed by atoms with van der Waals surface area (Å²) in [5, 5.41) is 14.1. The van der Waals surface area contributed by atoms with Crippen LogP contribution in [0, 0.1) is 6.92 Å². The number of carbonyl (C=O) groups excluding carboxylic acids is 2. The highest BCUT2D eigenvalue weighted by Gasteiger charge is 2.38. The summed E-state index contributed by atoms with van der Waals surface area (Å²) in [4.78, 5) is 35.5. The van der Waals surface area contributed by atoms with Crippen LogP contribution in [0.2, 0.25) is 0 Å². The summed E-state index contributed by atoms with van der Waals surface area (Å²) in [6.45, 7) is 5.55. The number of primary amides is 1. The van der Waals surface area contributed by atoms with Crippen molar-refractivity contribution in [1.82, 2.24) is 9.78 Å². The third-order valence-corrected chi connectivity index (χ3v) is 4.69. The van der Waals surface area contributed by atoms with Crippen LogP contribution in [0.3, 0.4) is 0 Å². The molecule has 0 unspecified atom stereocenters. The predicted octanol–water partition coefficient (Wildman–Crippen LogP) is 0.971. The molecular formula is C20H25F3N6O5. The van der Waals surface area contributed by atoms with Crippen molar-refractivity contribution < 1.29 is 37.4 Å². The van der Waals surface area contributed by atoms with Gasteiger partial charge in [-0.2, -0.15) is 18.3 Å². The number of nitrogens with two attached hydrogens (primary N) is 2. The summed E-state index contributed by atoms with van der Waals surface area (Å²) < 4.78 is 38.8. The number of anilines is 2.